The second-order valence-corrected chi connectivity index (χ2v) is 6.27. The second-order valence-electron chi connectivity index (χ2n) is 6.27. The first kappa shape index (κ1) is 16.2. The average molecular weight is 354 g/mol. The second kappa shape index (κ2) is 6.21. The highest BCUT2D eigenvalue weighted by molar-refractivity contribution is 5.51. The molecule has 3 aromatic heterocycles. The number of aryl methyl sites for hydroxylation is 2. The van der Waals surface area contributed by atoms with Gasteiger partial charge < -0.3 is 9.80 Å². The van der Waals surface area contributed by atoms with Crippen LogP contribution in [0.2, 0.25) is 0 Å². The summed E-state index contributed by atoms with van der Waals surface area (Å²) in [6.45, 7) is 6.72. The Morgan fingerprint density at radius 3 is 2.38 bits per heavy atom. The van der Waals surface area contributed by atoms with E-state index in [-0.39, 0.29) is 5.69 Å². The van der Waals surface area contributed by atoms with Crippen LogP contribution in [-0.4, -0.2) is 55.9 Å². The molecule has 0 bridgehead atoms. The van der Waals surface area contributed by atoms with Gasteiger partial charge in [-0.3, -0.25) is 10.1 Å². The summed E-state index contributed by atoms with van der Waals surface area (Å²) in [6.07, 6.45) is 1.33. The third kappa shape index (κ3) is 2.79. The first-order chi connectivity index (χ1) is 12.5. The SMILES string of the molecule is Cc1cc(N2CCN(c3ccc4nnc(C)n4n3)CC2)ncc1[N+](=O)[O-]. The van der Waals surface area contributed by atoms with Gasteiger partial charge >= 0.3 is 0 Å². The topological polar surface area (TPSA) is 106 Å². The molecule has 26 heavy (non-hydrogen) atoms. The van der Waals surface area contributed by atoms with Crippen LogP contribution in [0.1, 0.15) is 11.4 Å². The molecular formula is C16H18N8O2. The van der Waals surface area contributed by atoms with Crippen LogP contribution in [-0.2, 0) is 0 Å². The Balaban J connectivity index is 1.49. The lowest BCUT2D eigenvalue weighted by Gasteiger charge is -2.36. The van der Waals surface area contributed by atoms with Crippen molar-refractivity contribution in [2.75, 3.05) is 36.0 Å². The van der Waals surface area contributed by atoms with E-state index >= 15 is 0 Å². The molecule has 0 radical (unpaired) electrons. The zero-order chi connectivity index (χ0) is 18.3. The highest BCUT2D eigenvalue weighted by atomic mass is 16.6. The molecule has 4 rings (SSSR count). The Hall–Kier alpha value is -3.30. The molecule has 0 saturated carbocycles. The number of anilines is 2. The van der Waals surface area contributed by atoms with Crippen molar-refractivity contribution in [3.05, 3.63) is 45.9 Å². The molecule has 3 aromatic rings. The summed E-state index contributed by atoms with van der Waals surface area (Å²) in [4.78, 5) is 19.1. The van der Waals surface area contributed by atoms with Gasteiger partial charge in [0.05, 0.1) is 4.92 Å². The summed E-state index contributed by atoms with van der Waals surface area (Å²) in [6, 6.07) is 5.64. The normalized spacial score (nSPS) is 14.8. The quantitative estimate of drug-likeness (QED) is 0.513. The zero-order valence-electron chi connectivity index (χ0n) is 14.5. The molecule has 1 saturated heterocycles. The molecule has 0 spiro atoms. The average Bonchev–Trinajstić information content (AvgIpc) is 3.02. The molecule has 1 fully saturated rings. The molecule has 0 amide bonds. The van der Waals surface area contributed by atoms with E-state index in [9.17, 15) is 10.1 Å². The molecule has 4 heterocycles. The lowest BCUT2D eigenvalue weighted by molar-refractivity contribution is -0.385. The Morgan fingerprint density at radius 1 is 1.04 bits per heavy atom. The predicted octanol–water partition coefficient (Wildman–Crippen LogP) is 1.37. The van der Waals surface area contributed by atoms with Crippen LogP contribution in [0.25, 0.3) is 5.65 Å². The molecule has 134 valence electrons. The summed E-state index contributed by atoms with van der Waals surface area (Å²) in [7, 11) is 0. The molecule has 10 nitrogen and oxygen atoms in total. The van der Waals surface area contributed by atoms with Gasteiger partial charge in [0, 0.05) is 31.7 Å². The van der Waals surface area contributed by atoms with Crippen LogP contribution >= 0.6 is 0 Å². The number of fused-ring (bicyclic) bond motifs is 1. The van der Waals surface area contributed by atoms with Gasteiger partial charge in [0.25, 0.3) is 5.69 Å². The number of aromatic nitrogens is 5. The van der Waals surface area contributed by atoms with E-state index in [4.69, 9.17) is 0 Å². The van der Waals surface area contributed by atoms with Gasteiger partial charge in [-0.25, -0.2) is 4.98 Å². The fourth-order valence-electron chi connectivity index (χ4n) is 3.12. The van der Waals surface area contributed by atoms with Crippen molar-refractivity contribution in [3.8, 4) is 0 Å². The molecular weight excluding hydrogens is 336 g/mol. The van der Waals surface area contributed by atoms with Crippen LogP contribution < -0.4 is 9.80 Å². The van der Waals surface area contributed by atoms with Crippen LogP contribution in [0, 0.1) is 24.0 Å². The van der Waals surface area contributed by atoms with Crippen molar-refractivity contribution in [1.29, 1.82) is 0 Å². The third-order valence-electron chi connectivity index (χ3n) is 4.60. The maximum absolute atomic E-state index is 10.9. The van der Waals surface area contributed by atoms with Gasteiger partial charge in [0.1, 0.15) is 17.8 Å². The number of nitrogens with zero attached hydrogens (tertiary/aromatic N) is 8. The minimum atomic E-state index is -0.404. The molecule has 0 aliphatic carbocycles. The molecule has 1 aliphatic heterocycles. The molecule has 0 atom stereocenters. The summed E-state index contributed by atoms with van der Waals surface area (Å²) >= 11 is 0. The van der Waals surface area contributed by atoms with Crippen LogP contribution in [0.4, 0.5) is 17.3 Å². The van der Waals surface area contributed by atoms with E-state index in [1.807, 2.05) is 19.1 Å². The van der Waals surface area contributed by atoms with Crippen molar-refractivity contribution < 1.29 is 4.92 Å². The van der Waals surface area contributed by atoms with Crippen LogP contribution in [0.15, 0.2) is 24.4 Å². The van der Waals surface area contributed by atoms with Gasteiger partial charge in [0.15, 0.2) is 11.5 Å². The number of nitro groups is 1. The minimum absolute atomic E-state index is 0.0502. The maximum Gasteiger partial charge on any atom is 0.290 e. The lowest BCUT2D eigenvalue weighted by Crippen LogP contribution is -2.47. The molecule has 0 unspecified atom stereocenters. The first-order valence-electron chi connectivity index (χ1n) is 8.33. The van der Waals surface area contributed by atoms with Crippen molar-refractivity contribution >= 4 is 23.0 Å². The van der Waals surface area contributed by atoms with E-state index in [2.05, 4.69) is 30.1 Å². The number of hydrogen-bond acceptors (Lipinski definition) is 8. The summed E-state index contributed by atoms with van der Waals surface area (Å²) in [5.74, 6) is 2.41. The fraction of sp³-hybridized carbons (Fsp3) is 0.375. The predicted molar refractivity (Wildman–Crippen MR) is 95.6 cm³/mol. The third-order valence-corrected chi connectivity index (χ3v) is 4.60. The fourth-order valence-corrected chi connectivity index (χ4v) is 3.12. The van der Waals surface area contributed by atoms with Crippen molar-refractivity contribution in [1.82, 2.24) is 24.8 Å². The van der Waals surface area contributed by atoms with E-state index in [0.29, 0.717) is 5.56 Å². The van der Waals surface area contributed by atoms with E-state index < -0.39 is 4.92 Å². The highest BCUT2D eigenvalue weighted by Crippen LogP contribution is 2.23. The summed E-state index contributed by atoms with van der Waals surface area (Å²) < 4.78 is 1.74. The lowest BCUT2D eigenvalue weighted by atomic mass is 10.2. The zero-order valence-corrected chi connectivity index (χ0v) is 14.5. The Morgan fingerprint density at radius 2 is 1.73 bits per heavy atom. The standard InChI is InChI=1S/C16H18N8O2/c1-11-9-16(17-10-13(11)24(25)26)22-7-5-21(6-8-22)15-4-3-14-19-18-12(2)23(14)20-15/h3-4,9-10H,5-8H2,1-2H3. The number of rotatable bonds is 3. The summed E-state index contributed by atoms with van der Waals surface area (Å²) in [5.41, 5.74) is 1.40. The number of pyridine rings is 1. The van der Waals surface area contributed by atoms with E-state index in [0.717, 1.165) is 49.3 Å². The molecule has 10 heteroatoms. The monoisotopic (exact) mass is 354 g/mol. The van der Waals surface area contributed by atoms with E-state index in [1.165, 1.54) is 6.20 Å². The number of hydrogen-bond donors (Lipinski definition) is 0. The van der Waals surface area contributed by atoms with E-state index in [1.54, 1.807) is 17.5 Å². The molecule has 0 aromatic carbocycles. The van der Waals surface area contributed by atoms with Gasteiger partial charge in [-0.05, 0) is 32.0 Å². The maximum atomic E-state index is 10.9. The molecule has 0 N–H and O–H groups in total. The van der Waals surface area contributed by atoms with Crippen molar-refractivity contribution in [2.45, 2.75) is 13.8 Å². The van der Waals surface area contributed by atoms with Gasteiger partial charge in [-0.15, -0.1) is 15.3 Å². The summed E-state index contributed by atoms with van der Waals surface area (Å²) in [5, 5.41) is 23.6. The Kier molecular flexibility index (Phi) is 3.86. The first-order valence-corrected chi connectivity index (χ1v) is 8.33. The Labute approximate surface area is 149 Å². The van der Waals surface area contributed by atoms with Crippen molar-refractivity contribution in [2.24, 2.45) is 0 Å². The highest BCUT2D eigenvalue weighted by Gasteiger charge is 2.21. The smallest absolute Gasteiger partial charge is 0.290 e. The van der Waals surface area contributed by atoms with Gasteiger partial charge in [-0.1, -0.05) is 0 Å². The van der Waals surface area contributed by atoms with Crippen molar-refractivity contribution in [3.63, 3.8) is 0 Å². The number of piperazine rings is 1. The van der Waals surface area contributed by atoms with Crippen LogP contribution in [0.5, 0.6) is 0 Å². The van der Waals surface area contributed by atoms with Gasteiger partial charge in [-0.2, -0.15) is 4.52 Å². The largest absolute Gasteiger partial charge is 0.353 e. The Bertz CT molecular complexity index is 978. The van der Waals surface area contributed by atoms with Gasteiger partial charge in [0.2, 0.25) is 0 Å². The minimum Gasteiger partial charge on any atom is -0.353 e. The van der Waals surface area contributed by atoms with Crippen LogP contribution in [0.3, 0.4) is 0 Å². The molecule has 1 aliphatic rings.